The Bertz CT molecular complexity index is 646. The van der Waals surface area contributed by atoms with Gasteiger partial charge in [0, 0.05) is 6.20 Å². The molecule has 2 rings (SSSR count). The molecule has 0 fully saturated rings. The van der Waals surface area contributed by atoms with Gasteiger partial charge in [0.25, 0.3) is 0 Å². The van der Waals surface area contributed by atoms with Crippen LogP contribution in [-0.2, 0) is 6.54 Å². The highest BCUT2D eigenvalue weighted by atomic mass is 19.1. The summed E-state index contributed by atoms with van der Waals surface area (Å²) in [4.78, 5) is 24.9. The second-order valence-corrected chi connectivity index (χ2v) is 3.83. The van der Waals surface area contributed by atoms with Gasteiger partial charge in [-0.1, -0.05) is 12.1 Å². The number of nitrogens with one attached hydrogen (secondary N) is 1. The monoisotopic (exact) mass is 232 g/mol. The van der Waals surface area contributed by atoms with Crippen LogP contribution in [0.1, 0.15) is 5.56 Å². The first-order valence-electron chi connectivity index (χ1n) is 5.11. The fraction of sp³-hybridized carbons (Fsp3) is 0.0909. The molecule has 1 N–H and O–H groups in total. The van der Waals surface area contributed by atoms with Gasteiger partial charge in [0.15, 0.2) is 0 Å². The Labute approximate surface area is 97.1 Å². The van der Waals surface area contributed by atoms with Crippen LogP contribution in [-0.4, -0.2) is 17.4 Å². The van der Waals surface area contributed by atoms with E-state index in [2.05, 4.69) is 4.98 Å². The molecule has 0 unspecified atom stereocenters. The Morgan fingerprint density at radius 3 is 2.53 bits per heavy atom. The van der Waals surface area contributed by atoms with Crippen LogP contribution in [0.2, 0.25) is 0 Å². The highest BCUT2D eigenvalue weighted by Crippen LogP contribution is 2.03. The Morgan fingerprint density at radius 2 is 1.88 bits per heavy atom. The molecule has 0 bridgehead atoms. The molecular formula is C11H10BFN2O2. The number of H-pyrrole nitrogens is 1. The largest absolute Gasteiger partial charge is 0.328 e. The van der Waals surface area contributed by atoms with Crippen LogP contribution < -0.4 is 16.7 Å². The molecule has 0 spiro atoms. The molecule has 0 saturated heterocycles. The summed E-state index contributed by atoms with van der Waals surface area (Å²) >= 11 is 0. The maximum Gasteiger partial charge on any atom is 0.328 e. The zero-order valence-corrected chi connectivity index (χ0v) is 9.24. The molecule has 0 aliphatic rings. The third kappa shape index (κ3) is 2.53. The summed E-state index contributed by atoms with van der Waals surface area (Å²) in [5.41, 5.74) is 0.405. The van der Waals surface area contributed by atoms with E-state index in [1.54, 1.807) is 20.0 Å². The van der Waals surface area contributed by atoms with E-state index in [1.165, 1.54) is 22.9 Å². The van der Waals surface area contributed by atoms with Crippen molar-refractivity contribution in [3.8, 4) is 0 Å². The van der Waals surface area contributed by atoms with Crippen molar-refractivity contribution in [2.45, 2.75) is 6.54 Å². The first-order chi connectivity index (χ1) is 8.06. The summed E-state index contributed by atoms with van der Waals surface area (Å²) in [5.74, 6) is -0.321. The molecule has 0 atom stereocenters. The number of rotatable bonds is 2. The van der Waals surface area contributed by atoms with E-state index in [-0.39, 0.29) is 11.4 Å². The van der Waals surface area contributed by atoms with Gasteiger partial charge in [-0.3, -0.25) is 14.3 Å². The third-order valence-corrected chi connectivity index (χ3v) is 2.46. The van der Waals surface area contributed by atoms with Gasteiger partial charge in [-0.2, -0.15) is 0 Å². The number of aromatic amines is 1. The molecule has 17 heavy (non-hydrogen) atoms. The number of hydrogen-bond donors (Lipinski definition) is 1. The molecule has 0 saturated carbocycles. The van der Waals surface area contributed by atoms with Gasteiger partial charge in [-0.05, 0) is 23.2 Å². The molecule has 0 amide bonds. The zero-order chi connectivity index (χ0) is 12.4. The molecule has 0 aliphatic carbocycles. The SMILES string of the molecule is Bc1cn(Cc2ccc(F)cc2)c(=O)[nH]c1=O. The quantitative estimate of drug-likeness (QED) is 0.674. The summed E-state index contributed by atoms with van der Waals surface area (Å²) in [7, 11) is 1.62. The minimum atomic E-state index is -0.468. The summed E-state index contributed by atoms with van der Waals surface area (Å²) in [6.45, 7) is 0.302. The number of benzene rings is 1. The number of aromatic nitrogens is 2. The lowest BCUT2D eigenvalue weighted by Crippen LogP contribution is -2.39. The van der Waals surface area contributed by atoms with Gasteiger partial charge in [-0.15, -0.1) is 0 Å². The molecule has 1 heterocycles. The molecule has 6 heteroatoms. The van der Waals surface area contributed by atoms with Gasteiger partial charge in [-0.25, -0.2) is 9.18 Å². The number of halogens is 1. The number of nitrogens with zero attached hydrogens (tertiary/aromatic N) is 1. The van der Waals surface area contributed by atoms with Crippen molar-refractivity contribution < 1.29 is 4.39 Å². The molecule has 86 valence electrons. The smallest absolute Gasteiger partial charge is 0.297 e. The van der Waals surface area contributed by atoms with Crippen LogP contribution in [0.5, 0.6) is 0 Å². The van der Waals surface area contributed by atoms with Crippen LogP contribution in [0.15, 0.2) is 40.1 Å². The van der Waals surface area contributed by atoms with E-state index in [1.807, 2.05) is 0 Å². The minimum Gasteiger partial charge on any atom is -0.297 e. The van der Waals surface area contributed by atoms with Crippen molar-refractivity contribution in [1.82, 2.24) is 9.55 Å². The fourth-order valence-electron chi connectivity index (χ4n) is 1.52. The summed E-state index contributed by atoms with van der Waals surface area (Å²) in [5, 5.41) is 0. The van der Waals surface area contributed by atoms with Crippen molar-refractivity contribution in [2.75, 3.05) is 0 Å². The van der Waals surface area contributed by atoms with E-state index >= 15 is 0 Å². The van der Waals surface area contributed by atoms with Crippen LogP contribution in [0.25, 0.3) is 0 Å². The average Bonchev–Trinajstić information content (AvgIpc) is 2.29. The van der Waals surface area contributed by atoms with Gasteiger partial charge >= 0.3 is 5.69 Å². The Kier molecular flexibility index (Phi) is 2.95. The van der Waals surface area contributed by atoms with Crippen LogP contribution in [0.3, 0.4) is 0 Å². The van der Waals surface area contributed by atoms with E-state index in [0.717, 1.165) is 5.56 Å². The standard InChI is InChI=1S/C11H10BFN2O2/c12-9-6-15(11(17)14-10(9)16)5-7-1-3-8(13)4-2-7/h1-4,6H,5,12H2,(H,14,16,17). The molecule has 0 radical (unpaired) electrons. The number of hydrogen-bond acceptors (Lipinski definition) is 2. The topological polar surface area (TPSA) is 54.9 Å². The minimum absolute atomic E-state index is 0.302. The van der Waals surface area contributed by atoms with Gasteiger partial charge in [0.1, 0.15) is 13.7 Å². The van der Waals surface area contributed by atoms with Crippen LogP contribution >= 0.6 is 0 Å². The Balaban J connectivity index is 2.36. The molecule has 4 nitrogen and oxygen atoms in total. The van der Waals surface area contributed by atoms with E-state index in [9.17, 15) is 14.0 Å². The van der Waals surface area contributed by atoms with Crippen molar-refractivity contribution in [3.05, 3.63) is 62.7 Å². The van der Waals surface area contributed by atoms with Crippen molar-refractivity contribution >= 4 is 13.3 Å². The lowest BCUT2D eigenvalue weighted by atomic mass is 10.0. The molecule has 1 aromatic heterocycles. The van der Waals surface area contributed by atoms with E-state index in [4.69, 9.17) is 0 Å². The van der Waals surface area contributed by atoms with Crippen LogP contribution in [0, 0.1) is 5.82 Å². The second-order valence-electron chi connectivity index (χ2n) is 3.83. The summed E-state index contributed by atoms with van der Waals surface area (Å²) in [6.07, 6.45) is 1.49. The lowest BCUT2D eigenvalue weighted by molar-refractivity contribution is 0.625. The predicted octanol–water partition coefficient (Wildman–Crippen LogP) is -1.02. The fourth-order valence-corrected chi connectivity index (χ4v) is 1.52. The molecular weight excluding hydrogens is 222 g/mol. The second kappa shape index (κ2) is 4.41. The maximum atomic E-state index is 12.7. The molecule has 2 aromatic rings. The van der Waals surface area contributed by atoms with E-state index < -0.39 is 5.69 Å². The molecule has 0 aliphatic heterocycles. The average molecular weight is 232 g/mol. The van der Waals surface area contributed by atoms with Crippen molar-refractivity contribution in [3.63, 3.8) is 0 Å². The van der Waals surface area contributed by atoms with Gasteiger partial charge in [0.05, 0.1) is 6.54 Å². The maximum absolute atomic E-state index is 12.7. The lowest BCUT2D eigenvalue weighted by Gasteiger charge is -2.05. The predicted molar refractivity (Wildman–Crippen MR) is 65.0 cm³/mol. The molecule has 1 aromatic carbocycles. The van der Waals surface area contributed by atoms with E-state index in [0.29, 0.717) is 12.0 Å². The Hall–Kier alpha value is -2.11. The normalized spacial score (nSPS) is 10.4. The highest BCUT2D eigenvalue weighted by molar-refractivity contribution is 6.31. The highest BCUT2D eigenvalue weighted by Gasteiger charge is 2.01. The van der Waals surface area contributed by atoms with Gasteiger partial charge in [0.2, 0.25) is 5.56 Å². The first-order valence-corrected chi connectivity index (χ1v) is 5.11. The van der Waals surface area contributed by atoms with Crippen LogP contribution in [0.4, 0.5) is 4.39 Å². The first kappa shape index (κ1) is 11.4. The summed E-state index contributed by atoms with van der Waals surface area (Å²) < 4.78 is 14.1. The van der Waals surface area contributed by atoms with Gasteiger partial charge < -0.3 is 0 Å². The van der Waals surface area contributed by atoms with Crippen molar-refractivity contribution in [1.29, 1.82) is 0 Å². The van der Waals surface area contributed by atoms with Crippen molar-refractivity contribution in [2.24, 2.45) is 0 Å². The Morgan fingerprint density at radius 1 is 1.24 bits per heavy atom. The zero-order valence-electron chi connectivity index (χ0n) is 9.24. The third-order valence-electron chi connectivity index (χ3n) is 2.46. The summed E-state index contributed by atoms with van der Waals surface area (Å²) in [6, 6.07) is 5.86.